The SMILES string of the molecule is Cc1nn(CCOc2ccccc2)c(C)c1C1CCCC(=O)N1. The minimum absolute atomic E-state index is 0.0973. The van der Waals surface area contributed by atoms with Crippen molar-refractivity contribution in [3.8, 4) is 5.75 Å². The quantitative estimate of drug-likeness (QED) is 0.923. The summed E-state index contributed by atoms with van der Waals surface area (Å²) in [6.07, 6.45) is 2.56. The summed E-state index contributed by atoms with van der Waals surface area (Å²) >= 11 is 0. The number of piperidine rings is 1. The highest BCUT2D eigenvalue weighted by molar-refractivity contribution is 5.77. The van der Waals surface area contributed by atoms with Crippen LogP contribution in [0.15, 0.2) is 30.3 Å². The summed E-state index contributed by atoms with van der Waals surface area (Å²) in [6, 6.07) is 9.89. The maximum absolute atomic E-state index is 11.6. The molecule has 3 rings (SSSR count). The maximum atomic E-state index is 11.6. The van der Waals surface area contributed by atoms with Crippen molar-refractivity contribution in [3.05, 3.63) is 47.3 Å². The molecule has 1 saturated heterocycles. The van der Waals surface area contributed by atoms with Crippen LogP contribution in [0.25, 0.3) is 0 Å². The highest BCUT2D eigenvalue weighted by atomic mass is 16.5. The maximum Gasteiger partial charge on any atom is 0.220 e. The van der Waals surface area contributed by atoms with Crippen molar-refractivity contribution >= 4 is 5.91 Å². The summed E-state index contributed by atoms with van der Waals surface area (Å²) < 4.78 is 7.73. The predicted molar refractivity (Wildman–Crippen MR) is 88.4 cm³/mol. The zero-order chi connectivity index (χ0) is 16.2. The van der Waals surface area contributed by atoms with Crippen LogP contribution in [0.4, 0.5) is 0 Å². The van der Waals surface area contributed by atoms with Crippen molar-refractivity contribution < 1.29 is 9.53 Å². The molecule has 1 amide bonds. The number of ether oxygens (including phenoxy) is 1. The summed E-state index contributed by atoms with van der Waals surface area (Å²) in [7, 11) is 0. The van der Waals surface area contributed by atoms with Crippen LogP contribution in [0.5, 0.6) is 5.75 Å². The van der Waals surface area contributed by atoms with Gasteiger partial charge in [-0.3, -0.25) is 9.48 Å². The average molecular weight is 313 g/mol. The standard InChI is InChI=1S/C18H23N3O2/c1-13-18(16-9-6-10-17(22)19-16)14(2)21(20-13)11-12-23-15-7-4-3-5-8-15/h3-5,7-8,16H,6,9-12H2,1-2H3,(H,19,22). The molecule has 0 bridgehead atoms. The van der Waals surface area contributed by atoms with Gasteiger partial charge in [0.25, 0.3) is 0 Å². The van der Waals surface area contributed by atoms with Gasteiger partial charge in [0.15, 0.2) is 0 Å². The summed E-state index contributed by atoms with van der Waals surface area (Å²) in [5, 5.41) is 7.71. The summed E-state index contributed by atoms with van der Waals surface area (Å²) in [5.41, 5.74) is 3.28. The lowest BCUT2D eigenvalue weighted by Crippen LogP contribution is -2.33. The molecule has 0 aliphatic carbocycles. The van der Waals surface area contributed by atoms with Gasteiger partial charge in [-0.2, -0.15) is 5.10 Å². The Morgan fingerprint density at radius 2 is 2.09 bits per heavy atom. The van der Waals surface area contributed by atoms with Gasteiger partial charge in [0.05, 0.1) is 18.3 Å². The Morgan fingerprint density at radius 3 is 2.83 bits per heavy atom. The number of hydrogen-bond acceptors (Lipinski definition) is 3. The molecule has 23 heavy (non-hydrogen) atoms. The van der Waals surface area contributed by atoms with Crippen LogP contribution in [0.2, 0.25) is 0 Å². The fourth-order valence-electron chi connectivity index (χ4n) is 3.22. The number of rotatable bonds is 5. The van der Waals surface area contributed by atoms with Crippen LogP contribution < -0.4 is 10.1 Å². The molecule has 5 heteroatoms. The number of carbonyl (C=O) groups is 1. The number of carbonyl (C=O) groups excluding carboxylic acids is 1. The lowest BCUT2D eigenvalue weighted by Gasteiger charge is -2.23. The lowest BCUT2D eigenvalue weighted by molar-refractivity contribution is -0.123. The largest absolute Gasteiger partial charge is 0.492 e. The van der Waals surface area contributed by atoms with Gasteiger partial charge >= 0.3 is 0 Å². The Kier molecular flexibility index (Phi) is 4.65. The van der Waals surface area contributed by atoms with E-state index in [4.69, 9.17) is 4.74 Å². The molecule has 1 atom stereocenters. The van der Waals surface area contributed by atoms with E-state index in [0.717, 1.165) is 35.5 Å². The minimum Gasteiger partial charge on any atom is -0.492 e. The molecule has 2 aromatic rings. The average Bonchev–Trinajstić information content (AvgIpc) is 2.82. The second-order valence-electron chi connectivity index (χ2n) is 5.98. The predicted octanol–water partition coefficient (Wildman–Crippen LogP) is 2.92. The van der Waals surface area contributed by atoms with E-state index in [-0.39, 0.29) is 11.9 Å². The number of hydrogen-bond donors (Lipinski definition) is 1. The number of aromatic nitrogens is 2. The first-order valence-corrected chi connectivity index (χ1v) is 8.16. The number of nitrogens with zero attached hydrogens (tertiary/aromatic N) is 2. The van der Waals surface area contributed by atoms with E-state index in [0.29, 0.717) is 19.6 Å². The van der Waals surface area contributed by atoms with Gasteiger partial charge in [0.1, 0.15) is 12.4 Å². The normalized spacial score (nSPS) is 17.8. The number of amides is 1. The van der Waals surface area contributed by atoms with Crippen LogP contribution in [0.3, 0.4) is 0 Å². The second kappa shape index (κ2) is 6.86. The first-order valence-electron chi connectivity index (χ1n) is 8.16. The highest BCUT2D eigenvalue weighted by Gasteiger charge is 2.25. The minimum atomic E-state index is 0.0973. The third kappa shape index (κ3) is 3.55. The second-order valence-corrected chi connectivity index (χ2v) is 5.98. The van der Waals surface area contributed by atoms with Crippen molar-refractivity contribution in [3.63, 3.8) is 0 Å². The van der Waals surface area contributed by atoms with Crippen LogP contribution in [0.1, 0.15) is 42.3 Å². The number of aryl methyl sites for hydroxylation is 1. The Morgan fingerprint density at radius 1 is 1.30 bits per heavy atom. The van der Waals surface area contributed by atoms with E-state index >= 15 is 0 Å². The van der Waals surface area contributed by atoms with E-state index < -0.39 is 0 Å². The highest BCUT2D eigenvalue weighted by Crippen LogP contribution is 2.28. The molecule has 1 aliphatic rings. The Hall–Kier alpha value is -2.30. The smallest absolute Gasteiger partial charge is 0.220 e. The molecule has 1 N–H and O–H groups in total. The molecule has 122 valence electrons. The van der Waals surface area contributed by atoms with Gasteiger partial charge in [0.2, 0.25) is 5.91 Å². The molecular weight excluding hydrogens is 290 g/mol. The Balaban J connectivity index is 1.67. The van der Waals surface area contributed by atoms with Gasteiger partial charge in [-0.05, 0) is 38.8 Å². The van der Waals surface area contributed by atoms with Crippen LogP contribution in [-0.2, 0) is 11.3 Å². The van der Waals surface area contributed by atoms with Gasteiger partial charge < -0.3 is 10.1 Å². The molecular formula is C18H23N3O2. The summed E-state index contributed by atoms with van der Waals surface area (Å²) in [4.78, 5) is 11.6. The van der Waals surface area contributed by atoms with Crippen LogP contribution in [-0.4, -0.2) is 22.3 Å². The van der Waals surface area contributed by atoms with Crippen molar-refractivity contribution in [1.29, 1.82) is 0 Å². The zero-order valence-electron chi connectivity index (χ0n) is 13.7. The van der Waals surface area contributed by atoms with Gasteiger partial charge in [-0.15, -0.1) is 0 Å². The molecule has 1 fully saturated rings. The van der Waals surface area contributed by atoms with Crippen molar-refractivity contribution in [2.75, 3.05) is 6.61 Å². The number of benzene rings is 1. The molecule has 1 aliphatic heterocycles. The van der Waals surface area contributed by atoms with Crippen LogP contribution >= 0.6 is 0 Å². The van der Waals surface area contributed by atoms with Crippen molar-refractivity contribution in [2.45, 2.75) is 45.7 Å². The fraction of sp³-hybridized carbons (Fsp3) is 0.444. The summed E-state index contributed by atoms with van der Waals surface area (Å²) in [5.74, 6) is 1.01. The molecule has 1 aromatic carbocycles. The monoisotopic (exact) mass is 313 g/mol. The fourth-order valence-corrected chi connectivity index (χ4v) is 3.22. The van der Waals surface area contributed by atoms with E-state index in [1.807, 2.05) is 41.9 Å². The van der Waals surface area contributed by atoms with E-state index in [9.17, 15) is 4.79 Å². The van der Waals surface area contributed by atoms with Gasteiger partial charge in [0, 0.05) is 17.7 Å². The van der Waals surface area contributed by atoms with Crippen molar-refractivity contribution in [1.82, 2.24) is 15.1 Å². The molecule has 1 unspecified atom stereocenters. The molecule has 5 nitrogen and oxygen atoms in total. The first-order chi connectivity index (χ1) is 11.1. The van der Waals surface area contributed by atoms with Crippen LogP contribution in [0, 0.1) is 13.8 Å². The van der Waals surface area contributed by atoms with E-state index in [1.54, 1.807) is 0 Å². The number of nitrogens with one attached hydrogen (secondary N) is 1. The van der Waals surface area contributed by atoms with Gasteiger partial charge in [-0.25, -0.2) is 0 Å². The van der Waals surface area contributed by atoms with E-state index in [2.05, 4.69) is 17.3 Å². The molecule has 0 saturated carbocycles. The van der Waals surface area contributed by atoms with E-state index in [1.165, 1.54) is 0 Å². The van der Waals surface area contributed by atoms with Crippen molar-refractivity contribution in [2.24, 2.45) is 0 Å². The molecule has 2 heterocycles. The third-order valence-electron chi connectivity index (χ3n) is 4.33. The molecule has 1 aromatic heterocycles. The topological polar surface area (TPSA) is 56.2 Å². The first kappa shape index (κ1) is 15.6. The zero-order valence-corrected chi connectivity index (χ0v) is 13.7. The Labute approximate surface area is 136 Å². The molecule has 0 radical (unpaired) electrons. The van der Waals surface area contributed by atoms with Gasteiger partial charge in [-0.1, -0.05) is 18.2 Å². The molecule has 0 spiro atoms. The third-order valence-corrected chi connectivity index (χ3v) is 4.33. The summed E-state index contributed by atoms with van der Waals surface area (Å²) in [6.45, 7) is 5.35. The lowest BCUT2D eigenvalue weighted by atomic mass is 9.96. The number of para-hydroxylation sites is 1. The Bertz CT molecular complexity index is 679.